The van der Waals surface area contributed by atoms with Gasteiger partial charge in [-0.25, -0.2) is 0 Å². The molecule has 4 nitrogen and oxygen atoms in total. The summed E-state index contributed by atoms with van der Waals surface area (Å²) in [7, 11) is 0. The Kier molecular flexibility index (Phi) is 1.83. The van der Waals surface area contributed by atoms with Gasteiger partial charge in [0.1, 0.15) is 11.7 Å². The Morgan fingerprint density at radius 3 is 3.00 bits per heavy atom. The molecule has 1 N–H and O–H groups in total. The SMILES string of the molecule is C/C=C1/NC(=O)C2CCCN2C1=O. The Bertz CT molecular complexity index is 296. The molecule has 0 aromatic rings. The van der Waals surface area contributed by atoms with E-state index < -0.39 is 0 Å². The Labute approximate surface area is 76.6 Å². The van der Waals surface area contributed by atoms with E-state index in [1.807, 2.05) is 0 Å². The number of carbonyl (C=O) groups excluding carboxylic acids is 2. The van der Waals surface area contributed by atoms with Crippen molar-refractivity contribution in [1.29, 1.82) is 0 Å². The van der Waals surface area contributed by atoms with Gasteiger partial charge in [-0.15, -0.1) is 0 Å². The van der Waals surface area contributed by atoms with Crippen LogP contribution in [0.15, 0.2) is 11.8 Å². The van der Waals surface area contributed by atoms with Gasteiger partial charge in [0.15, 0.2) is 0 Å². The minimum atomic E-state index is -0.212. The van der Waals surface area contributed by atoms with Crippen molar-refractivity contribution in [2.75, 3.05) is 6.54 Å². The van der Waals surface area contributed by atoms with Gasteiger partial charge in [0.2, 0.25) is 5.91 Å². The summed E-state index contributed by atoms with van der Waals surface area (Å²) in [6.45, 7) is 2.47. The molecule has 4 heteroatoms. The number of fused-ring (bicyclic) bond motifs is 1. The lowest BCUT2D eigenvalue weighted by Gasteiger charge is -2.30. The van der Waals surface area contributed by atoms with Gasteiger partial charge in [-0.2, -0.15) is 0 Å². The molecule has 0 aromatic carbocycles. The zero-order chi connectivity index (χ0) is 9.42. The van der Waals surface area contributed by atoms with Crippen LogP contribution in [0.25, 0.3) is 0 Å². The van der Waals surface area contributed by atoms with Crippen molar-refractivity contribution < 1.29 is 9.59 Å². The number of piperazine rings is 1. The molecule has 2 amide bonds. The van der Waals surface area contributed by atoms with E-state index in [4.69, 9.17) is 0 Å². The summed E-state index contributed by atoms with van der Waals surface area (Å²) in [6.07, 6.45) is 3.38. The second kappa shape index (κ2) is 2.87. The third-order valence-electron chi connectivity index (χ3n) is 2.59. The number of nitrogens with zero attached hydrogens (tertiary/aromatic N) is 1. The van der Waals surface area contributed by atoms with Gasteiger partial charge < -0.3 is 10.2 Å². The predicted octanol–water partition coefficient (Wildman–Crippen LogP) is 0.0110. The van der Waals surface area contributed by atoms with E-state index in [-0.39, 0.29) is 17.9 Å². The smallest absolute Gasteiger partial charge is 0.270 e. The Morgan fingerprint density at radius 2 is 2.31 bits per heavy atom. The standard InChI is InChI=1S/C9H12N2O2/c1-2-6-9(13)11-5-3-4-7(11)8(12)10-6/h2,7H,3-5H2,1H3,(H,10,12)/b6-2+. The third-order valence-corrected chi connectivity index (χ3v) is 2.59. The summed E-state index contributed by atoms with van der Waals surface area (Å²) in [6, 6.07) is -0.212. The maximum atomic E-state index is 11.6. The lowest BCUT2D eigenvalue weighted by Crippen LogP contribution is -2.53. The number of carbonyl (C=O) groups is 2. The minimum absolute atomic E-state index is 0.0369. The summed E-state index contributed by atoms with van der Waals surface area (Å²) in [4.78, 5) is 24.7. The molecule has 2 heterocycles. The zero-order valence-corrected chi connectivity index (χ0v) is 7.54. The quantitative estimate of drug-likeness (QED) is 0.534. The fourth-order valence-corrected chi connectivity index (χ4v) is 1.90. The first-order chi connectivity index (χ1) is 6.24. The molecule has 0 radical (unpaired) electrons. The predicted molar refractivity (Wildman–Crippen MR) is 46.6 cm³/mol. The van der Waals surface area contributed by atoms with Crippen LogP contribution in [0.4, 0.5) is 0 Å². The van der Waals surface area contributed by atoms with Gasteiger partial charge >= 0.3 is 0 Å². The molecule has 2 fully saturated rings. The molecule has 1 atom stereocenters. The van der Waals surface area contributed by atoms with Gasteiger partial charge in [-0.3, -0.25) is 9.59 Å². The molecule has 2 saturated heterocycles. The van der Waals surface area contributed by atoms with Crippen LogP contribution in [0.2, 0.25) is 0 Å². The van der Waals surface area contributed by atoms with Crippen LogP contribution in [0, 0.1) is 0 Å². The van der Waals surface area contributed by atoms with Gasteiger partial charge in [0.05, 0.1) is 0 Å². The number of hydrogen-bond acceptors (Lipinski definition) is 2. The number of rotatable bonds is 0. The first-order valence-corrected chi connectivity index (χ1v) is 4.52. The van der Waals surface area contributed by atoms with Crippen LogP contribution in [0.5, 0.6) is 0 Å². The fourth-order valence-electron chi connectivity index (χ4n) is 1.90. The maximum Gasteiger partial charge on any atom is 0.270 e. The van der Waals surface area contributed by atoms with E-state index in [1.54, 1.807) is 17.9 Å². The first-order valence-electron chi connectivity index (χ1n) is 4.52. The van der Waals surface area contributed by atoms with E-state index >= 15 is 0 Å². The monoisotopic (exact) mass is 180 g/mol. The van der Waals surface area contributed by atoms with Crippen molar-refractivity contribution in [3.8, 4) is 0 Å². The van der Waals surface area contributed by atoms with Crippen LogP contribution >= 0.6 is 0 Å². The summed E-state index contributed by atoms with van der Waals surface area (Å²) in [5.74, 6) is -0.0743. The summed E-state index contributed by atoms with van der Waals surface area (Å²) in [5.41, 5.74) is 0.420. The van der Waals surface area contributed by atoms with Gasteiger partial charge in [0, 0.05) is 6.54 Å². The molecule has 2 rings (SSSR count). The normalized spacial score (nSPS) is 30.7. The lowest BCUT2D eigenvalue weighted by atomic mass is 10.1. The average Bonchev–Trinajstić information content (AvgIpc) is 2.60. The summed E-state index contributed by atoms with van der Waals surface area (Å²) >= 11 is 0. The molecule has 0 aliphatic carbocycles. The topological polar surface area (TPSA) is 49.4 Å². The molecule has 0 bridgehead atoms. The average molecular weight is 180 g/mol. The van der Waals surface area contributed by atoms with Gasteiger partial charge in [0.25, 0.3) is 5.91 Å². The molecular weight excluding hydrogens is 168 g/mol. The third kappa shape index (κ3) is 1.13. The van der Waals surface area contributed by atoms with Crippen molar-refractivity contribution in [1.82, 2.24) is 10.2 Å². The van der Waals surface area contributed by atoms with E-state index in [9.17, 15) is 9.59 Å². The highest BCUT2D eigenvalue weighted by molar-refractivity contribution is 6.04. The molecule has 70 valence electrons. The highest BCUT2D eigenvalue weighted by Crippen LogP contribution is 2.22. The molecule has 0 saturated carbocycles. The molecule has 1 unspecified atom stereocenters. The molecule has 0 spiro atoms. The van der Waals surface area contributed by atoms with Crippen LogP contribution in [-0.4, -0.2) is 29.3 Å². The molecular formula is C9H12N2O2. The molecule has 0 aromatic heterocycles. The van der Waals surface area contributed by atoms with Crippen LogP contribution in [0.1, 0.15) is 19.8 Å². The lowest BCUT2D eigenvalue weighted by molar-refractivity contribution is -0.140. The Hall–Kier alpha value is -1.32. The number of allylic oxidation sites excluding steroid dienone is 1. The highest BCUT2D eigenvalue weighted by atomic mass is 16.2. The van der Waals surface area contributed by atoms with E-state index in [2.05, 4.69) is 5.32 Å². The van der Waals surface area contributed by atoms with Crippen molar-refractivity contribution in [3.05, 3.63) is 11.8 Å². The van der Waals surface area contributed by atoms with Crippen LogP contribution < -0.4 is 5.32 Å². The second-order valence-corrected chi connectivity index (χ2v) is 3.35. The number of amides is 2. The van der Waals surface area contributed by atoms with Crippen molar-refractivity contribution in [3.63, 3.8) is 0 Å². The van der Waals surface area contributed by atoms with E-state index in [0.717, 1.165) is 12.8 Å². The summed E-state index contributed by atoms with van der Waals surface area (Å²) in [5, 5.41) is 2.62. The number of hydrogen-bond donors (Lipinski definition) is 1. The van der Waals surface area contributed by atoms with Crippen molar-refractivity contribution >= 4 is 11.8 Å². The highest BCUT2D eigenvalue weighted by Gasteiger charge is 2.39. The fraction of sp³-hybridized carbons (Fsp3) is 0.556. The molecule has 13 heavy (non-hydrogen) atoms. The van der Waals surface area contributed by atoms with Crippen molar-refractivity contribution in [2.24, 2.45) is 0 Å². The van der Waals surface area contributed by atoms with Gasteiger partial charge in [-0.1, -0.05) is 6.08 Å². The van der Waals surface area contributed by atoms with Crippen molar-refractivity contribution in [2.45, 2.75) is 25.8 Å². The Balaban J connectivity index is 2.30. The largest absolute Gasteiger partial charge is 0.325 e. The first kappa shape index (κ1) is 8.29. The minimum Gasteiger partial charge on any atom is -0.325 e. The zero-order valence-electron chi connectivity index (χ0n) is 7.54. The van der Waals surface area contributed by atoms with E-state index in [0.29, 0.717) is 12.2 Å². The van der Waals surface area contributed by atoms with Gasteiger partial charge in [-0.05, 0) is 19.8 Å². The van der Waals surface area contributed by atoms with Crippen LogP contribution in [0.3, 0.4) is 0 Å². The second-order valence-electron chi connectivity index (χ2n) is 3.35. The molecule has 2 aliphatic heterocycles. The Morgan fingerprint density at radius 1 is 1.54 bits per heavy atom. The molecule has 2 aliphatic rings. The number of nitrogens with one attached hydrogen (secondary N) is 1. The van der Waals surface area contributed by atoms with Crippen LogP contribution in [-0.2, 0) is 9.59 Å². The maximum absolute atomic E-state index is 11.6. The van der Waals surface area contributed by atoms with E-state index in [1.165, 1.54) is 0 Å². The summed E-state index contributed by atoms with van der Waals surface area (Å²) < 4.78 is 0.